The summed E-state index contributed by atoms with van der Waals surface area (Å²) in [4.78, 5) is 23.9. The molecule has 192 valence electrons. The second-order valence-corrected chi connectivity index (χ2v) is 9.82. The summed E-state index contributed by atoms with van der Waals surface area (Å²) in [7, 11) is 0. The minimum atomic E-state index is -0.811. The quantitative estimate of drug-likeness (QED) is 0.178. The molecule has 0 saturated heterocycles. The zero-order valence-corrected chi connectivity index (χ0v) is 21.8. The normalized spacial score (nSPS) is 12.6. The number of carboxylic acid groups (broad SMARTS) is 1. The summed E-state index contributed by atoms with van der Waals surface area (Å²) in [5.41, 5.74) is 4.09. The lowest BCUT2D eigenvalue weighted by Crippen LogP contribution is -2.06. The summed E-state index contributed by atoms with van der Waals surface area (Å²) < 4.78 is 8.18. The number of carbonyl (C=O) groups is 2. The molecule has 1 unspecified atom stereocenters. The van der Waals surface area contributed by atoms with Crippen molar-refractivity contribution in [1.82, 2.24) is 4.57 Å². The molecule has 2 aromatic carbocycles. The second-order valence-electron chi connectivity index (χ2n) is 9.82. The van der Waals surface area contributed by atoms with Gasteiger partial charge in [-0.15, -0.1) is 0 Å². The molecule has 0 amide bonds. The van der Waals surface area contributed by atoms with Gasteiger partial charge in [-0.2, -0.15) is 0 Å². The standard InChI is InChI=1S/C31H39NO4/c1-4-5-13-30(25-17-15-24(16-18-25)21-23(2)3)36-20-9-12-29(33)27-22-32(19-8-14-31(34)35)28-11-7-6-10-26(27)28/h6-7,9-12,15-18,22-23,30H,4-5,8,13-14,19-21H2,1-3H3,(H,34,35)/b12-9+. The van der Waals surface area contributed by atoms with Crippen LogP contribution in [0.2, 0.25) is 0 Å². The lowest BCUT2D eigenvalue weighted by atomic mass is 9.98. The van der Waals surface area contributed by atoms with Gasteiger partial charge in [0.15, 0.2) is 5.78 Å². The van der Waals surface area contributed by atoms with E-state index in [2.05, 4.69) is 45.0 Å². The van der Waals surface area contributed by atoms with Crippen LogP contribution in [0, 0.1) is 5.92 Å². The first-order chi connectivity index (χ1) is 17.4. The van der Waals surface area contributed by atoms with E-state index >= 15 is 0 Å². The van der Waals surface area contributed by atoms with E-state index in [0.717, 1.165) is 36.6 Å². The highest BCUT2D eigenvalue weighted by atomic mass is 16.5. The zero-order valence-electron chi connectivity index (χ0n) is 21.8. The molecule has 0 radical (unpaired) electrons. The number of aromatic nitrogens is 1. The molecule has 1 N–H and O–H groups in total. The van der Waals surface area contributed by atoms with Crippen molar-refractivity contribution in [1.29, 1.82) is 0 Å². The molecule has 0 fully saturated rings. The van der Waals surface area contributed by atoms with Crippen LogP contribution >= 0.6 is 0 Å². The van der Waals surface area contributed by atoms with E-state index in [9.17, 15) is 9.59 Å². The van der Waals surface area contributed by atoms with Gasteiger partial charge in [0.1, 0.15) is 0 Å². The Kier molecular flexibility index (Phi) is 10.5. The SMILES string of the molecule is CCCCC(OC/C=C/C(=O)c1cn(CCCC(=O)O)c2ccccc12)c1ccc(CC(C)C)cc1. The molecule has 3 aromatic rings. The van der Waals surface area contributed by atoms with Crippen LogP contribution in [0.3, 0.4) is 0 Å². The Morgan fingerprint density at radius 1 is 1.06 bits per heavy atom. The van der Waals surface area contributed by atoms with E-state index in [4.69, 9.17) is 9.84 Å². The maximum Gasteiger partial charge on any atom is 0.303 e. The van der Waals surface area contributed by atoms with Crippen LogP contribution in [0.4, 0.5) is 0 Å². The molecule has 0 saturated carbocycles. The Balaban J connectivity index is 1.65. The molecule has 3 rings (SSSR count). The number of hydrogen-bond acceptors (Lipinski definition) is 3. The number of ether oxygens (including phenoxy) is 1. The number of fused-ring (bicyclic) bond motifs is 1. The summed E-state index contributed by atoms with van der Waals surface area (Å²) in [5.74, 6) is -0.256. The van der Waals surface area contributed by atoms with Gasteiger partial charge in [0, 0.05) is 35.6 Å². The molecule has 0 aliphatic carbocycles. The Hall–Kier alpha value is -3.18. The van der Waals surface area contributed by atoms with Crippen molar-refractivity contribution in [3.05, 3.63) is 83.6 Å². The largest absolute Gasteiger partial charge is 0.481 e. The van der Waals surface area contributed by atoms with Gasteiger partial charge in [-0.1, -0.05) is 82.2 Å². The molecular formula is C31H39NO4. The van der Waals surface area contributed by atoms with Crippen LogP contribution in [0.25, 0.3) is 10.9 Å². The first kappa shape index (κ1) is 27.4. The van der Waals surface area contributed by atoms with Crippen molar-refractivity contribution in [2.75, 3.05) is 6.61 Å². The van der Waals surface area contributed by atoms with Gasteiger partial charge in [0.2, 0.25) is 0 Å². The van der Waals surface area contributed by atoms with E-state index in [1.54, 1.807) is 12.2 Å². The third-order valence-corrected chi connectivity index (χ3v) is 6.32. The van der Waals surface area contributed by atoms with E-state index in [1.807, 2.05) is 35.0 Å². The minimum Gasteiger partial charge on any atom is -0.481 e. The summed E-state index contributed by atoms with van der Waals surface area (Å²) in [5, 5.41) is 9.82. The number of nitrogens with zero attached hydrogens (tertiary/aromatic N) is 1. The van der Waals surface area contributed by atoms with Crippen molar-refractivity contribution in [2.45, 2.75) is 71.9 Å². The number of allylic oxidation sites excluding steroid dienone is 1. The van der Waals surface area contributed by atoms with Crippen molar-refractivity contribution < 1.29 is 19.4 Å². The number of aryl methyl sites for hydroxylation is 1. The topological polar surface area (TPSA) is 68.5 Å². The van der Waals surface area contributed by atoms with Gasteiger partial charge < -0.3 is 14.4 Å². The number of benzene rings is 2. The van der Waals surface area contributed by atoms with Gasteiger partial charge in [-0.05, 0) is 48.4 Å². The van der Waals surface area contributed by atoms with Crippen LogP contribution in [0.5, 0.6) is 0 Å². The number of carboxylic acids is 1. The van der Waals surface area contributed by atoms with E-state index in [0.29, 0.717) is 31.1 Å². The molecule has 0 aliphatic heterocycles. The van der Waals surface area contributed by atoms with Crippen molar-refractivity contribution in [2.24, 2.45) is 5.92 Å². The van der Waals surface area contributed by atoms with Crippen LogP contribution in [-0.4, -0.2) is 28.0 Å². The number of rotatable bonds is 15. The highest BCUT2D eigenvalue weighted by Gasteiger charge is 2.14. The second kappa shape index (κ2) is 13.8. The fraction of sp³-hybridized carbons (Fsp3) is 0.419. The first-order valence-electron chi connectivity index (χ1n) is 13.1. The molecule has 0 spiro atoms. The average Bonchev–Trinajstić information content (AvgIpc) is 3.22. The van der Waals surface area contributed by atoms with Crippen LogP contribution in [0.15, 0.2) is 66.9 Å². The van der Waals surface area contributed by atoms with Crippen LogP contribution in [-0.2, 0) is 22.5 Å². The monoisotopic (exact) mass is 489 g/mol. The van der Waals surface area contributed by atoms with Crippen LogP contribution < -0.4 is 0 Å². The minimum absolute atomic E-state index is 0.00829. The van der Waals surface area contributed by atoms with E-state index in [-0.39, 0.29) is 18.3 Å². The van der Waals surface area contributed by atoms with Gasteiger partial charge in [-0.3, -0.25) is 9.59 Å². The average molecular weight is 490 g/mol. The van der Waals surface area contributed by atoms with Crippen molar-refractivity contribution >= 4 is 22.7 Å². The summed E-state index contributed by atoms with van der Waals surface area (Å²) in [6, 6.07) is 16.5. The zero-order chi connectivity index (χ0) is 25.9. The van der Waals surface area contributed by atoms with Gasteiger partial charge in [0.25, 0.3) is 0 Å². The van der Waals surface area contributed by atoms with Crippen molar-refractivity contribution in [3.63, 3.8) is 0 Å². The maximum atomic E-state index is 13.0. The number of hydrogen-bond donors (Lipinski definition) is 1. The Morgan fingerprint density at radius 2 is 1.81 bits per heavy atom. The van der Waals surface area contributed by atoms with E-state index in [1.165, 1.54) is 11.1 Å². The Bertz CT molecular complexity index is 1160. The van der Waals surface area contributed by atoms with Crippen LogP contribution in [0.1, 0.15) is 80.5 Å². The lowest BCUT2D eigenvalue weighted by Gasteiger charge is -2.18. The van der Waals surface area contributed by atoms with E-state index < -0.39 is 5.97 Å². The molecule has 1 atom stereocenters. The molecule has 0 aliphatic rings. The molecule has 1 aromatic heterocycles. The molecule has 1 heterocycles. The first-order valence-corrected chi connectivity index (χ1v) is 13.1. The highest BCUT2D eigenvalue weighted by Crippen LogP contribution is 2.25. The fourth-order valence-electron chi connectivity index (χ4n) is 4.52. The summed E-state index contributed by atoms with van der Waals surface area (Å²) >= 11 is 0. The summed E-state index contributed by atoms with van der Waals surface area (Å²) in [6.07, 6.45) is 10.1. The molecule has 0 bridgehead atoms. The third kappa shape index (κ3) is 7.92. The fourth-order valence-corrected chi connectivity index (χ4v) is 4.52. The number of para-hydroxylation sites is 1. The number of unbranched alkanes of at least 4 members (excludes halogenated alkanes) is 1. The van der Waals surface area contributed by atoms with Gasteiger partial charge >= 0.3 is 5.97 Å². The molecule has 5 heteroatoms. The smallest absolute Gasteiger partial charge is 0.303 e. The maximum absolute atomic E-state index is 13.0. The Morgan fingerprint density at radius 3 is 2.50 bits per heavy atom. The Labute approximate surface area is 214 Å². The molecular weight excluding hydrogens is 450 g/mol. The number of ketones is 1. The van der Waals surface area contributed by atoms with Gasteiger partial charge in [-0.25, -0.2) is 0 Å². The third-order valence-electron chi connectivity index (χ3n) is 6.32. The molecule has 5 nitrogen and oxygen atoms in total. The predicted molar refractivity (Wildman–Crippen MR) is 145 cm³/mol. The lowest BCUT2D eigenvalue weighted by molar-refractivity contribution is -0.137. The van der Waals surface area contributed by atoms with Gasteiger partial charge in [0.05, 0.1) is 12.7 Å². The molecule has 36 heavy (non-hydrogen) atoms. The van der Waals surface area contributed by atoms with Crippen molar-refractivity contribution in [3.8, 4) is 0 Å². The number of carbonyl (C=O) groups excluding carboxylic acids is 1. The predicted octanol–water partition coefficient (Wildman–Crippen LogP) is 7.39. The highest BCUT2D eigenvalue weighted by molar-refractivity contribution is 6.13. The number of aliphatic carboxylic acids is 1. The summed E-state index contributed by atoms with van der Waals surface area (Å²) in [6.45, 7) is 7.56.